The summed E-state index contributed by atoms with van der Waals surface area (Å²) in [7, 11) is -3.78. The van der Waals surface area contributed by atoms with Crippen molar-refractivity contribution in [2.75, 3.05) is 18.0 Å². The second-order valence-electron chi connectivity index (χ2n) is 10.9. The van der Waals surface area contributed by atoms with Crippen LogP contribution in [-0.4, -0.2) is 31.4 Å². The Morgan fingerprint density at radius 1 is 0.912 bits per heavy atom. The number of sulfonamides is 1. The maximum absolute atomic E-state index is 14.1. The molecule has 5 atom stereocenters. The van der Waals surface area contributed by atoms with E-state index in [0.29, 0.717) is 30.2 Å². The minimum absolute atomic E-state index is 0.192. The molecule has 184 valence electrons. The van der Waals surface area contributed by atoms with Crippen LogP contribution in [0, 0.1) is 29.5 Å². The predicted molar refractivity (Wildman–Crippen MR) is 135 cm³/mol. The first-order chi connectivity index (χ1) is 16.3. The van der Waals surface area contributed by atoms with Gasteiger partial charge in [-0.15, -0.1) is 0 Å². The molecule has 4 unspecified atom stereocenters. The average Bonchev–Trinajstić information content (AvgIpc) is 2.82. The molecule has 0 spiro atoms. The van der Waals surface area contributed by atoms with Gasteiger partial charge in [-0.2, -0.15) is 4.31 Å². The maximum Gasteiger partial charge on any atom is 0.243 e. The van der Waals surface area contributed by atoms with E-state index in [2.05, 4.69) is 49.9 Å². The molecule has 0 N–H and O–H groups in total. The Bertz CT molecular complexity index is 1100. The third-order valence-corrected chi connectivity index (χ3v) is 11.0. The molecule has 4 aliphatic rings. The van der Waals surface area contributed by atoms with Gasteiger partial charge < -0.3 is 4.90 Å². The number of rotatable bonds is 8. The molecule has 4 aliphatic carbocycles. The van der Waals surface area contributed by atoms with E-state index in [9.17, 15) is 12.8 Å². The third-order valence-electron chi connectivity index (χ3n) is 9.03. The zero-order valence-corrected chi connectivity index (χ0v) is 21.4. The molecule has 0 heterocycles. The number of hydrogen-bond acceptors (Lipinski definition) is 3. The third kappa shape index (κ3) is 4.07. The summed E-state index contributed by atoms with van der Waals surface area (Å²) in [4.78, 5) is 2.48. The lowest BCUT2D eigenvalue weighted by molar-refractivity contribution is -0.0916. The van der Waals surface area contributed by atoms with E-state index in [0.717, 1.165) is 43.6 Å². The Kier molecular flexibility index (Phi) is 6.26. The first kappa shape index (κ1) is 23.8. The highest BCUT2D eigenvalue weighted by molar-refractivity contribution is 7.89. The van der Waals surface area contributed by atoms with Crippen LogP contribution in [-0.2, 0) is 16.6 Å². The molecule has 0 amide bonds. The molecule has 0 saturated heterocycles. The second-order valence-corrected chi connectivity index (χ2v) is 12.7. The fourth-order valence-electron chi connectivity index (χ4n) is 7.35. The molecule has 34 heavy (non-hydrogen) atoms. The highest BCUT2D eigenvalue weighted by Gasteiger charge is 2.58. The van der Waals surface area contributed by atoms with Crippen molar-refractivity contribution in [3.8, 4) is 0 Å². The van der Waals surface area contributed by atoms with Gasteiger partial charge in [0.15, 0.2) is 0 Å². The van der Waals surface area contributed by atoms with Gasteiger partial charge in [0.05, 0.1) is 4.90 Å². The fourth-order valence-corrected chi connectivity index (χ4v) is 9.14. The van der Waals surface area contributed by atoms with Gasteiger partial charge in [0.1, 0.15) is 5.82 Å². The summed E-state index contributed by atoms with van der Waals surface area (Å²) < 4.78 is 43.7. The molecule has 6 heteroatoms. The number of nitrogens with zero attached hydrogens (tertiary/aromatic N) is 2. The van der Waals surface area contributed by atoms with Crippen molar-refractivity contribution in [2.24, 2.45) is 23.7 Å². The normalized spacial score (nSPS) is 30.1. The van der Waals surface area contributed by atoms with Crippen molar-refractivity contribution >= 4 is 15.7 Å². The molecule has 4 bridgehead atoms. The molecule has 4 fully saturated rings. The standard InChI is InChI=1S/C28H37FN2O2S/c1-4-30(5-2)26-10-6-21(7-11-26)19-31(34(32,33)27-12-8-25(29)9-13-27)28-16-22-14-23(17-28)20(3)24(15-22)18-28/h6-13,20,22-24H,4-5,14-19H2,1-3H3/t20?,22?,23-,24?,28?/m1/s1. The average molecular weight is 485 g/mol. The summed E-state index contributed by atoms with van der Waals surface area (Å²) in [5.74, 6) is 2.07. The molecule has 4 nitrogen and oxygen atoms in total. The SMILES string of the molecule is CCN(CC)c1ccc(CN(C23CC4CC(C2)C(C)[C@H](C4)C3)S(=O)(=O)c2ccc(F)cc2)cc1. The number of benzene rings is 2. The van der Waals surface area contributed by atoms with Gasteiger partial charge in [0.2, 0.25) is 10.0 Å². The lowest BCUT2D eigenvalue weighted by Crippen LogP contribution is -2.63. The molecule has 0 aromatic heterocycles. The van der Waals surface area contributed by atoms with Gasteiger partial charge in [-0.25, -0.2) is 12.8 Å². The van der Waals surface area contributed by atoms with Crippen LogP contribution in [0.4, 0.5) is 10.1 Å². The van der Waals surface area contributed by atoms with Crippen molar-refractivity contribution in [1.82, 2.24) is 4.31 Å². The minimum atomic E-state index is -3.78. The van der Waals surface area contributed by atoms with Gasteiger partial charge in [-0.3, -0.25) is 0 Å². The summed E-state index contributed by atoms with van der Waals surface area (Å²) in [6, 6.07) is 13.7. The highest BCUT2D eigenvalue weighted by Crippen LogP contribution is 2.61. The monoisotopic (exact) mass is 484 g/mol. The van der Waals surface area contributed by atoms with E-state index in [1.54, 1.807) is 0 Å². The lowest BCUT2D eigenvalue weighted by Gasteiger charge is -2.62. The van der Waals surface area contributed by atoms with Gasteiger partial charge in [0, 0.05) is 30.9 Å². The minimum Gasteiger partial charge on any atom is -0.372 e. The molecule has 0 aliphatic heterocycles. The fraction of sp³-hybridized carbons (Fsp3) is 0.571. The molecule has 4 saturated carbocycles. The van der Waals surface area contributed by atoms with Gasteiger partial charge in [0.25, 0.3) is 0 Å². The smallest absolute Gasteiger partial charge is 0.243 e. The topological polar surface area (TPSA) is 40.6 Å². The Morgan fingerprint density at radius 2 is 1.50 bits per heavy atom. The molecule has 0 radical (unpaired) electrons. The Labute approximate surface area is 204 Å². The van der Waals surface area contributed by atoms with Gasteiger partial charge in [-0.05, 0) is 112 Å². The van der Waals surface area contributed by atoms with E-state index in [1.165, 1.54) is 37.1 Å². The zero-order chi connectivity index (χ0) is 24.1. The van der Waals surface area contributed by atoms with E-state index >= 15 is 0 Å². The Hall–Kier alpha value is -1.92. The van der Waals surface area contributed by atoms with Gasteiger partial charge in [-0.1, -0.05) is 19.1 Å². The first-order valence-corrected chi connectivity index (χ1v) is 14.3. The molecular weight excluding hydrogens is 447 g/mol. The van der Waals surface area contributed by atoms with Crippen LogP contribution in [0.5, 0.6) is 0 Å². The summed E-state index contributed by atoms with van der Waals surface area (Å²) in [5, 5.41) is 0. The van der Waals surface area contributed by atoms with Crippen LogP contribution in [0.15, 0.2) is 53.4 Å². The van der Waals surface area contributed by atoms with Crippen molar-refractivity contribution in [2.45, 2.75) is 69.9 Å². The van der Waals surface area contributed by atoms with E-state index in [4.69, 9.17) is 0 Å². The summed E-state index contributed by atoms with van der Waals surface area (Å²) in [6.07, 6.45) is 5.31. The predicted octanol–water partition coefficient (Wildman–Crippen LogP) is 6.08. The first-order valence-electron chi connectivity index (χ1n) is 12.9. The van der Waals surface area contributed by atoms with Crippen LogP contribution >= 0.6 is 0 Å². The highest BCUT2D eigenvalue weighted by atomic mass is 32.2. The Morgan fingerprint density at radius 3 is 2.06 bits per heavy atom. The lowest BCUT2D eigenvalue weighted by atomic mass is 9.49. The van der Waals surface area contributed by atoms with Crippen molar-refractivity contribution < 1.29 is 12.8 Å². The zero-order valence-electron chi connectivity index (χ0n) is 20.6. The summed E-state index contributed by atoms with van der Waals surface area (Å²) >= 11 is 0. The summed E-state index contributed by atoms with van der Waals surface area (Å²) in [6.45, 7) is 8.88. The maximum atomic E-state index is 14.1. The van der Waals surface area contributed by atoms with E-state index < -0.39 is 15.8 Å². The Balaban J connectivity index is 1.53. The quantitative estimate of drug-likeness (QED) is 0.456. The van der Waals surface area contributed by atoms with Crippen LogP contribution in [0.1, 0.15) is 58.4 Å². The van der Waals surface area contributed by atoms with Gasteiger partial charge >= 0.3 is 0 Å². The van der Waals surface area contributed by atoms with Crippen LogP contribution in [0.3, 0.4) is 0 Å². The van der Waals surface area contributed by atoms with Crippen LogP contribution in [0.2, 0.25) is 0 Å². The number of hydrogen-bond donors (Lipinski definition) is 0. The molecule has 6 rings (SSSR count). The number of anilines is 1. The molecular formula is C28H37FN2O2S. The van der Waals surface area contributed by atoms with Crippen LogP contribution in [0.25, 0.3) is 0 Å². The molecule has 2 aromatic rings. The van der Waals surface area contributed by atoms with E-state index in [1.807, 2.05) is 4.31 Å². The van der Waals surface area contributed by atoms with Crippen molar-refractivity contribution in [3.63, 3.8) is 0 Å². The summed E-state index contributed by atoms with van der Waals surface area (Å²) in [5.41, 5.74) is 1.82. The second kappa shape index (κ2) is 8.94. The van der Waals surface area contributed by atoms with Crippen LogP contribution < -0.4 is 4.90 Å². The van der Waals surface area contributed by atoms with E-state index in [-0.39, 0.29) is 10.4 Å². The van der Waals surface area contributed by atoms with Crippen molar-refractivity contribution in [1.29, 1.82) is 0 Å². The number of halogens is 1. The molecule has 2 aromatic carbocycles. The van der Waals surface area contributed by atoms with Crippen molar-refractivity contribution in [3.05, 3.63) is 59.9 Å². The largest absolute Gasteiger partial charge is 0.372 e.